The number of hydrogen-bond acceptors (Lipinski definition) is 6. The van der Waals surface area contributed by atoms with E-state index in [1.165, 1.54) is 30.3 Å². The molecule has 3 aromatic rings. The van der Waals surface area contributed by atoms with Crippen LogP contribution in [-0.2, 0) is 6.54 Å². The molecule has 0 saturated heterocycles. The molecular formula is C16H12ClF3N4OS. The molecule has 0 N–H and O–H groups in total. The van der Waals surface area contributed by atoms with Crippen molar-refractivity contribution in [3.63, 3.8) is 0 Å². The highest BCUT2D eigenvalue weighted by Crippen LogP contribution is 2.28. The van der Waals surface area contributed by atoms with Crippen LogP contribution in [0.5, 0.6) is 0 Å². The summed E-state index contributed by atoms with van der Waals surface area (Å²) in [6.07, 6.45) is 0.519. The Hall–Kier alpha value is -2.26. The van der Waals surface area contributed by atoms with Crippen molar-refractivity contribution < 1.29 is 17.6 Å². The highest BCUT2D eigenvalue weighted by molar-refractivity contribution is 7.99. The molecule has 5 nitrogen and oxygen atoms in total. The third-order valence-electron chi connectivity index (χ3n) is 3.42. The molecule has 0 aliphatic heterocycles. The number of nitrogens with zero attached hydrogens (tertiary/aromatic N) is 4. The van der Waals surface area contributed by atoms with Gasteiger partial charge >= 0.3 is 6.43 Å². The summed E-state index contributed by atoms with van der Waals surface area (Å²) in [6.45, 7) is 0.426. The lowest BCUT2D eigenvalue weighted by Crippen LogP contribution is -2.14. The highest BCUT2D eigenvalue weighted by Gasteiger charge is 2.17. The highest BCUT2D eigenvalue weighted by atomic mass is 35.5. The molecule has 2 aromatic heterocycles. The third kappa shape index (κ3) is 4.10. The summed E-state index contributed by atoms with van der Waals surface area (Å²) in [4.78, 5) is 4.29. The smallest absolute Gasteiger partial charge is 0.314 e. The Kier molecular flexibility index (Phi) is 5.67. The standard InChI is InChI=1S/C16H12ClF3N4OS/c1-26-24(11-4-5-13(18)12(17)6-11)8-10-3-2-9(7-21-10)15-22-23-16(25-15)14(19)20/h2-7,14H,8H2,1H3. The van der Waals surface area contributed by atoms with E-state index in [2.05, 4.69) is 15.2 Å². The van der Waals surface area contributed by atoms with E-state index < -0.39 is 18.1 Å². The summed E-state index contributed by atoms with van der Waals surface area (Å²) < 4.78 is 45.1. The number of alkyl halides is 2. The van der Waals surface area contributed by atoms with Gasteiger partial charge in [0.1, 0.15) is 5.82 Å². The summed E-state index contributed by atoms with van der Waals surface area (Å²) in [5.74, 6) is -1.24. The van der Waals surface area contributed by atoms with Crippen molar-refractivity contribution in [3.8, 4) is 11.5 Å². The van der Waals surface area contributed by atoms with Gasteiger partial charge < -0.3 is 8.72 Å². The van der Waals surface area contributed by atoms with Gasteiger partial charge in [-0.1, -0.05) is 23.5 Å². The van der Waals surface area contributed by atoms with Crippen LogP contribution in [0, 0.1) is 5.82 Å². The first kappa shape index (κ1) is 18.5. The largest absolute Gasteiger partial charge is 0.415 e. The minimum atomic E-state index is -2.82. The molecule has 0 radical (unpaired) electrons. The number of pyridine rings is 1. The minimum Gasteiger partial charge on any atom is -0.415 e. The molecular weight excluding hydrogens is 389 g/mol. The molecule has 2 heterocycles. The zero-order valence-electron chi connectivity index (χ0n) is 13.4. The Morgan fingerprint density at radius 2 is 2.04 bits per heavy atom. The van der Waals surface area contributed by atoms with Gasteiger partial charge in [0.2, 0.25) is 5.89 Å². The zero-order chi connectivity index (χ0) is 18.7. The topological polar surface area (TPSA) is 55.1 Å². The zero-order valence-corrected chi connectivity index (χ0v) is 14.9. The lowest BCUT2D eigenvalue weighted by molar-refractivity contribution is 0.116. The summed E-state index contributed by atoms with van der Waals surface area (Å²) in [5.41, 5.74) is 1.87. The Morgan fingerprint density at radius 1 is 1.23 bits per heavy atom. The summed E-state index contributed by atoms with van der Waals surface area (Å²) in [5, 5.41) is 6.90. The average Bonchev–Trinajstić information content (AvgIpc) is 3.13. The number of aromatic nitrogens is 3. The van der Waals surface area contributed by atoms with E-state index in [1.54, 1.807) is 18.2 Å². The molecule has 0 bridgehead atoms. The number of halogens is 4. The monoisotopic (exact) mass is 400 g/mol. The third-order valence-corrected chi connectivity index (χ3v) is 4.49. The minimum absolute atomic E-state index is 0.0219. The van der Waals surface area contributed by atoms with Crippen molar-refractivity contribution in [1.82, 2.24) is 15.2 Å². The molecule has 0 spiro atoms. The van der Waals surface area contributed by atoms with Crippen LogP contribution in [-0.4, -0.2) is 21.4 Å². The molecule has 0 aliphatic rings. The van der Waals surface area contributed by atoms with Gasteiger partial charge in [0.25, 0.3) is 5.89 Å². The molecule has 1 aromatic carbocycles. The SMILES string of the molecule is CSN(Cc1ccc(-c2nnc(C(F)F)o2)cn1)c1ccc(F)c(Cl)c1. The van der Waals surface area contributed by atoms with Crippen molar-refractivity contribution in [2.75, 3.05) is 10.6 Å². The van der Waals surface area contributed by atoms with E-state index in [9.17, 15) is 13.2 Å². The fraction of sp³-hybridized carbons (Fsp3) is 0.188. The number of benzene rings is 1. The van der Waals surface area contributed by atoms with Gasteiger partial charge in [-0.25, -0.2) is 4.39 Å². The summed E-state index contributed by atoms with van der Waals surface area (Å²) in [6, 6.07) is 7.83. The van der Waals surface area contributed by atoms with Crippen LogP contribution < -0.4 is 4.31 Å². The van der Waals surface area contributed by atoms with Gasteiger partial charge in [-0.05, 0) is 30.3 Å². The van der Waals surface area contributed by atoms with E-state index in [0.29, 0.717) is 17.8 Å². The maximum absolute atomic E-state index is 13.3. The quantitative estimate of drug-likeness (QED) is 0.533. The van der Waals surface area contributed by atoms with Crippen LogP contribution in [0.3, 0.4) is 0 Å². The molecule has 136 valence electrons. The first-order valence-electron chi connectivity index (χ1n) is 7.31. The van der Waals surface area contributed by atoms with E-state index in [0.717, 1.165) is 5.69 Å². The molecule has 0 saturated carbocycles. The van der Waals surface area contributed by atoms with Gasteiger partial charge in [-0.15, -0.1) is 10.2 Å². The van der Waals surface area contributed by atoms with E-state index in [4.69, 9.17) is 16.0 Å². The Morgan fingerprint density at radius 3 is 2.62 bits per heavy atom. The second-order valence-electron chi connectivity index (χ2n) is 5.10. The van der Waals surface area contributed by atoms with Crippen LogP contribution in [0.15, 0.2) is 40.9 Å². The molecule has 0 unspecified atom stereocenters. The number of rotatable bonds is 6. The van der Waals surface area contributed by atoms with Gasteiger partial charge in [0, 0.05) is 18.1 Å². The van der Waals surface area contributed by atoms with Crippen molar-refractivity contribution >= 4 is 29.2 Å². The van der Waals surface area contributed by atoms with Crippen molar-refractivity contribution in [2.45, 2.75) is 13.0 Å². The maximum Gasteiger partial charge on any atom is 0.314 e. The number of anilines is 1. The van der Waals surface area contributed by atoms with Crippen LogP contribution in [0.25, 0.3) is 11.5 Å². The van der Waals surface area contributed by atoms with Gasteiger partial charge in [0.15, 0.2) is 0 Å². The molecule has 0 atom stereocenters. The second-order valence-corrected chi connectivity index (χ2v) is 6.32. The average molecular weight is 401 g/mol. The molecule has 0 amide bonds. The molecule has 26 heavy (non-hydrogen) atoms. The van der Waals surface area contributed by atoms with Gasteiger partial charge in [0.05, 0.1) is 22.8 Å². The van der Waals surface area contributed by atoms with E-state index in [-0.39, 0.29) is 10.9 Å². The Balaban J connectivity index is 1.75. The van der Waals surface area contributed by atoms with Crippen LogP contribution >= 0.6 is 23.5 Å². The summed E-state index contributed by atoms with van der Waals surface area (Å²) in [7, 11) is 0. The first-order valence-corrected chi connectivity index (χ1v) is 8.87. The lowest BCUT2D eigenvalue weighted by atomic mass is 10.2. The van der Waals surface area contributed by atoms with Crippen molar-refractivity contribution in [1.29, 1.82) is 0 Å². The van der Waals surface area contributed by atoms with Crippen LogP contribution in [0.4, 0.5) is 18.9 Å². The van der Waals surface area contributed by atoms with E-state index >= 15 is 0 Å². The van der Waals surface area contributed by atoms with Crippen LogP contribution in [0.2, 0.25) is 5.02 Å². The fourth-order valence-corrected chi connectivity index (χ4v) is 2.89. The van der Waals surface area contributed by atoms with E-state index in [1.807, 2.05) is 10.6 Å². The normalized spacial score (nSPS) is 11.2. The molecule has 0 fully saturated rings. The Labute approximate surface area is 156 Å². The van der Waals surface area contributed by atoms with Crippen molar-refractivity contribution in [3.05, 3.63) is 59.0 Å². The van der Waals surface area contributed by atoms with Gasteiger partial charge in [-0.3, -0.25) is 4.98 Å². The molecule has 3 rings (SSSR count). The predicted molar refractivity (Wildman–Crippen MR) is 93.6 cm³/mol. The second kappa shape index (κ2) is 7.96. The molecule has 0 aliphatic carbocycles. The van der Waals surface area contributed by atoms with Crippen molar-refractivity contribution in [2.24, 2.45) is 0 Å². The predicted octanol–water partition coefficient (Wildman–Crippen LogP) is 5.15. The molecule has 10 heteroatoms. The maximum atomic E-state index is 13.3. The number of hydrogen-bond donors (Lipinski definition) is 0. The van der Waals surface area contributed by atoms with Gasteiger partial charge in [-0.2, -0.15) is 8.78 Å². The van der Waals surface area contributed by atoms with Crippen LogP contribution in [0.1, 0.15) is 18.0 Å². The summed E-state index contributed by atoms with van der Waals surface area (Å²) >= 11 is 7.26. The first-order chi connectivity index (χ1) is 12.5. The Bertz CT molecular complexity index is 891. The lowest BCUT2D eigenvalue weighted by Gasteiger charge is -2.21. The fourth-order valence-electron chi connectivity index (χ4n) is 2.13.